The van der Waals surface area contributed by atoms with E-state index in [1.807, 2.05) is 0 Å². The van der Waals surface area contributed by atoms with Crippen LogP contribution < -0.4 is 5.32 Å². The molecule has 0 aromatic heterocycles. The lowest BCUT2D eigenvalue weighted by atomic mass is 9.80. The highest BCUT2D eigenvalue weighted by atomic mass is 16.2. The number of nitrogens with one attached hydrogen (secondary N) is 1. The third-order valence-corrected chi connectivity index (χ3v) is 4.89. The van der Waals surface area contributed by atoms with Crippen molar-refractivity contribution in [3.8, 4) is 0 Å². The van der Waals surface area contributed by atoms with E-state index < -0.39 is 0 Å². The monoisotopic (exact) mass is 252 g/mol. The third-order valence-electron chi connectivity index (χ3n) is 4.89. The van der Waals surface area contributed by atoms with E-state index in [-0.39, 0.29) is 11.3 Å². The summed E-state index contributed by atoms with van der Waals surface area (Å²) in [5, 5.41) is 3.42. The fourth-order valence-electron chi connectivity index (χ4n) is 3.68. The van der Waals surface area contributed by atoms with E-state index in [0.717, 1.165) is 26.1 Å². The van der Waals surface area contributed by atoms with Crippen molar-refractivity contribution in [2.45, 2.75) is 58.9 Å². The van der Waals surface area contributed by atoms with Crippen LogP contribution in [0.1, 0.15) is 52.9 Å². The Morgan fingerprint density at radius 3 is 2.61 bits per heavy atom. The number of rotatable bonds is 3. The molecule has 2 atom stereocenters. The van der Waals surface area contributed by atoms with Gasteiger partial charge in [-0.25, -0.2) is 0 Å². The van der Waals surface area contributed by atoms with E-state index >= 15 is 0 Å². The largest absolute Gasteiger partial charge is 0.338 e. The second-order valence-corrected chi connectivity index (χ2v) is 6.56. The molecule has 3 nitrogen and oxygen atoms in total. The minimum absolute atomic E-state index is 0.201. The van der Waals surface area contributed by atoms with E-state index in [2.05, 4.69) is 31.0 Å². The van der Waals surface area contributed by atoms with Gasteiger partial charge in [-0.15, -0.1) is 0 Å². The zero-order chi connectivity index (χ0) is 13.2. The molecule has 3 heteroatoms. The molecule has 1 N–H and O–H groups in total. The van der Waals surface area contributed by atoms with Gasteiger partial charge in [-0.1, -0.05) is 20.3 Å². The Hall–Kier alpha value is -0.570. The van der Waals surface area contributed by atoms with Gasteiger partial charge in [0.05, 0.1) is 0 Å². The number of piperidine rings is 1. The standard InChI is InChI=1S/C15H28N2O/c1-4-17(12-7-6-10-16-11-12)14(18)13-8-5-9-15(13,2)3/h12-13,16H,4-11H2,1-3H3. The van der Waals surface area contributed by atoms with Gasteiger partial charge in [0.15, 0.2) is 0 Å². The molecule has 18 heavy (non-hydrogen) atoms. The van der Waals surface area contributed by atoms with Gasteiger partial charge in [0, 0.05) is 25.0 Å². The molecule has 1 aliphatic heterocycles. The molecule has 0 radical (unpaired) electrons. The summed E-state index contributed by atoms with van der Waals surface area (Å²) in [7, 11) is 0. The lowest BCUT2D eigenvalue weighted by molar-refractivity contribution is -0.140. The molecule has 2 aliphatic rings. The lowest BCUT2D eigenvalue weighted by Crippen LogP contribution is -2.51. The number of hydrogen-bond donors (Lipinski definition) is 1. The highest BCUT2D eigenvalue weighted by molar-refractivity contribution is 5.80. The smallest absolute Gasteiger partial charge is 0.226 e. The molecule has 1 heterocycles. The Morgan fingerprint density at radius 1 is 1.33 bits per heavy atom. The minimum Gasteiger partial charge on any atom is -0.338 e. The summed E-state index contributed by atoms with van der Waals surface area (Å²) in [6.07, 6.45) is 5.86. The van der Waals surface area contributed by atoms with Gasteiger partial charge in [-0.05, 0) is 44.6 Å². The van der Waals surface area contributed by atoms with Crippen molar-refractivity contribution < 1.29 is 4.79 Å². The van der Waals surface area contributed by atoms with Crippen LogP contribution in [0.5, 0.6) is 0 Å². The molecule has 1 amide bonds. The van der Waals surface area contributed by atoms with Crippen LogP contribution in [-0.2, 0) is 4.79 Å². The first-order valence-corrected chi connectivity index (χ1v) is 7.57. The zero-order valence-electron chi connectivity index (χ0n) is 12.2. The highest BCUT2D eigenvalue weighted by Crippen LogP contribution is 2.43. The van der Waals surface area contributed by atoms with Crippen molar-refractivity contribution in [1.29, 1.82) is 0 Å². The van der Waals surface area contributed by atoms with Crippen molar-refractivity contribution >= 4 is 5.91 Å². The molecule has 2 unspecified atom stereocenters. The molecule has 0 bridgehead atoms. The van der Waals surface area contributed by atoms with Gasteiger partial charge in [-0.2, -0.15) is 0 Å². The normalized spacial score (nSPS) is 31.3. The highest BCUT2D eigenvalue weighted by Gasteiger charge is 2.42. The van der Waals surface area contributed by atoms with Crippen LogP contribution >= 0.6 is 0 Å². The number of likely N-dealkylation sites (N-methyl/N-ethyl adjacent to an activating group) is 1. The number of carbonyl (C=O) groups is 1. The van der Waals surface area contributed by atoms with Crippen molar-refractivity contribution in [1.82, 2.24) is 10.2 Å². The predicted molar refractivity (Wildman–Crippen MR) is 74.4 cm³/mol. The van der Waals surface area contributed by atoms with E-state index in [1.54, 1.807) is 0 Å². The van der Waals surface area contributed by atoms with Crippen LogP contribution in [0.15, 0.2) is 0 Å². The average molecular weight is 252 g/mol. The van der Waals surface area contributed by atoms with E-state index in [0.29, 0.717) is 11.9 Å². The zero-order valence-corrected chi connectivity index (χ0v) is 12.2. The van der Waals surface area contributed by atoms with E-state index in [4.69, 9.17) is 0 Å². The Kier molecular flexibility index (Phi) is 4.31. The fourth-order valence-corrected chi connectivity index (χ4v) is 3.68. The average Bonchev–Trinajstić information content (AvgIpc) is 2.71. The second kappa shape index (κ2) is 5.60. The topological polar surface area (TPSA) is 32.3 Å². The van der Waals surface area contributed by atoms with Crippen LogP contribution in [0.2, 0.25) is 0 Å². The maximum absolute atomic E-state index is 12.8. The summed E-state index contributed by atoms with van der Waals surface area (Å²) in [4.78, 5) is 14.9. The molecule has 0 aromatic carbocycles. The molecule has 1 saturated carbocycles. The Bertz CT molecular complexity index is 295. The number of nitrogens with zero attached hydrogens (tertiary/aromatic N) is 1. The molecular formula is C15H28N2O. The fraction of sp³-hybridized carbons (Fsp3) is 0.933. The summed E-state index contributed by atoms with van der Waals surface area (Å²) >= 11 is 0. The van der Waals surface area contributed by atoms with Crippen LogP contribution in [0.25, 0.3) is 0 Å². The number of amides is 1. The van der Waals surface area contributed by atoms with Gasteiger partial charge in [0.25, 0.3) is 0 Å². The van der Waals surface area contributed by atoms with Gasteiger partial charge in [0.1, 0.15) is 0 Å². The van der Waals surface area contributed by atoms with Gasteiger partial charge in [0.2, 0.25) is 5.91 Å². The van der Waals surface area contributed by atoms with Gasteiger partial charge < -0.3 is 10.2 Å². The first-order chi connectivity index (χ1) is 8.56. The van der Waals surface area contributed by atoms with E-state index in [1.165, 1.54) is 25.7 Å². The SMILES string of the molecule is CCN(C(=O)C1CCCC1(C)C)C1CCCNC1. The first-order valence-electron chi connectivity index (χ1n) is 7.57. The minimum atomic E-state index is 0.201. The van der Waals surface area contributed by atoms with Crippen molar-refractivity contribution in [2.24, 2.45) is 11.3 Å². The molecular weight excluding hydrogens is 224 g/mol. The second-order valence-electron chi connectivity index (χ2n) is 6.56. The summed E-state index contributed by atoms with van der Waals surface area (Å²) in [6, 6.07) is 0.424. The molecule has 1 aliphatic carbocycles. The third kappa shape index (κ3) is 2.71. The molecule has 0 aromatic rings. The number of hydrogen-bond acceptors (Lipinski definition) is 2. The maximum atomic E-state index is 12.8. The summed E-state index contributed by atoms with van der Waals surface area (Å²) in [6.45, 7) is 9.58. The summed E-state index contributed by atoms with van der Waals surface area (Å²) in [5.41, 5.74) is 0.201. The summed E-state index contributed by atoms with van der Waals surface area (Å²) in [5.74, 6) is 0.660. The quantitative estimate of drug-likeness (QED) is 0.836. The Labute approximate surface area is 111 Å². The van der Waals surface area contributed by atoms with Crippen molar-refractivity contribution in [3.63, 3.8) is 0 Å². The molecule has 2 fully saturated rings. The van der Waals surface area contributed by atoms with E-state index in [9.17, 15) is 4.79 Å². The molecule has 0 spiro atoms. The summed E-state index contributed by atoms with van der Waals surface area (Å²) < 4.78 is 0. The maximum Gasteiger partial charge on any atom is 0.226 e. The van der Waals surface area contributed by atoms with Crippen LogP contribution in [-0.4, -0.2) is 36.5 Å². The molecule has 2 rings (SSSR count). The molecule has 104 valence electrons. The van der Waals surface area contributed by atoms with Crippen molar-refractivity contribution in [3.05, 3.63) is 0 Å². The van der Waals surface area contributed by atoms with Gasteiger partial charge in [-0.3, -0.25) is 4.79 Å². The van der Waals surface area contributed by atoms with Crippen molar-refractivity contribution in [2.75, 3.05) is 19.6 Å². The Balaban J connectivity index is 2.05. The first kappa shape index (κ1) is 13.9. The predicted octanol–water partition coefficient (Wildman–Crippen LogP) is 2.41. The van der Waals surface area contributed by atoms with Gasteiger partial charge >= 0.3 is 0 Å². The molecule has 1 saturated heterocycles. The number of carbonyl (C=O) groups excluding carboxylic acids is 1. The van der Waals surface area contributed by atoms with Crippen LogP contribution in [0.4, 0.5) is 0 Å². The lowest BCUT2D eigenvalue weighted by Gasteiger charge is -2.38. The van der Waals surface area contributed by atoms with Crippen LogP contribution in [0, 0.1) is 11.3 Å². The van der Waals surface area contributed by atoms with Crippen LogP contribution in [0.3, 0.4) is 0 Å². The Morgan fingerprint density at radius 2 is 2.11 bits per heavy atom.